The number of carbonyl (C=O) groups excluding carboxylic acids is 1. The molecule has 0 saturated carbocycles. The van der Waals surface area contributed by atoms with Crippen molar-refractivity contribution in [2.24, 2.45) is 5.10 Å². The first-order valence-corrected chi connectivity index (χ1v) is 9.25. The number of hydrazone groups is 1. The molecule has 5 nitrogen and oxygen atoms in total. The Labute approximate surface area is 175 Å². The number of halogens is 3. The summed E-state index contributed by atoms with van der Waals surface area (Å²) in [4.78, 5) is 12.5. The lowest BCUT2D eigenvalue weighted by Crippen LogP contribution is -2.19. The third-order valence-corrected chi connectivity index (χ3v) is 4.49. The third-order valence-electron chi connectivity index (χ3n) is 4.49. The van der Waals surface area contributed by atoms with Crippen molar-refractivity contribution in [3.8, 4) is 17.0 Å². The van der Waals surface area contributed by atoms with Gasteiger partial charge in [0.05, 0.1) is 23.0 Å². The fraction of sp³-hybridized carbons (Fsp3) is 0.0435. The summed E-state index contributed by atoms with van der Waals surface area (Å²) in [6.07, 6.45) is 0.502. The molecule has 0 bridgehead atoms. The van der Waals surface area contributed by atoms with Gasteiger partial charge in [0.25, 0.3) is 5.91 Å². The molecule has 156 valence electrons. The molecule has 1 amide bonds. The van der Waals surface area contributed by atoms with Crippen LogP contribution in [0.25, 0.3) is 17.0 Å². The van der Waals surface area contributed by atoms with Crippen LogP contribution in [0.1, 0.15) is 21.7 Å². The summed E-state index contributed by atoms with van der Waals surface area (Å²) in [5.41, 5.74) is 3.10. The SMILES string of the molecule is O=C(N/N=C\c1ccc(-c2cccc(C(F)(F)F)c2)o1)c1ccccc1-n1cccc1. The number of nitrogens with one attached hydrogen (secondary N) is 1. The molecule has 0 spiro atoms. The molecule has 2 aromatic heterocycles. The number of aromatic nitrogens is 1. The Balaban J connectivity index is 1.47. The number of para-hydroxylation sites is 1. The number of rotatable bonds is 5. The Kier molecular flexibility index (Phi) is 5.44. The number of hydrogen-bond acceptors (Lipinski definition) is 3. The van der Waals surface area contributed by atoms with Gasteiger partial charge in [0, 0.05) is 18.0 Å². The summed E-state index contributed by atoms with van der Waals surface area (Å²) in [6, 6.07) is 18.7. The van der Waals surface area contributed by atoms with Crippen LogP contribution in [0.2, 0.25) is 0 Å². The minimum Gasteiger partial charge on any atom is -0.455 e. The van der Waals surface area contributed by atoms with Gasteiger partial charge in [-0.1, -0.05) is 24.3 Å². The van der Waals surface area contributed by atoms with Gasteiger partial charge in [0.2, 0.25) is 0 Å². The number of hydrogen-bond donors (Lipinski definition) is 1. The van der Waals surface area contributed by atoms with E-state index in [0.717, 1.165) is 12.1 Å². The van der Waals surface area contributed by atoms with Crippen molar-refractivity contribution in [3.63, 3.8) is 0 Å². The summed E-state index contributed by atoms with van der Waals surface area (Å²) in [5, 5.41) is 3.90. The van der Waals surface area contributed by atoms with E-state index in [1.165, 1.54) is 18.3 Å². The average molecular weight is 423 g/mol. The first-order chi connectivity index (χ1) is 14.9. The highest BCUT2D eigenvalue weighted by atomic mass is 19.4. The number of nitrogens with zero attached hydrogens (tertiary/aromatic N) is 2. The Morgan fingerprint density at radius 3 is 2.52 bits per heavy atom. The van der Waals surface area contributed by atoms with Crippen LogP contribution < -0.4 is 5.43 Å². The predicted octanol–water partition coefficient (Wildman–Crippen LogP) is 5.52. The third kappa shape index (κ3) is 4.58. The summed E-state index contributed by atoms with van der Waals surface area (Å²) in [6.45, 7) is 0. The van der Waals surface area contributed by atoms with E-state index in [1.807, 2.05) is 41.2 Å². The molecule has 4 rings (SSSR count). The van der Waals surface area contributed by atoms with Crippen molar-refractivity contribution in [3.05, 3.63) is 102 Å². The highest BCUT2D eigenvalue weighted by Crippen LogP contribution is 2.32. The molecule has 0 radical (unpaired) electrons. The minimum absolute atomic E-state index is 0.261. The van der Waals surface area contributed by atoms with E-state index < -0.39 is 17.6 Å². The smallest absolute Gasteiger partial charge is 0.416 e. The lowest BCUT2D eigenvalue weighted by Gasteiger charge is -2.08. The lowest BCUT2D eigenvalue weighted by molar-refractivity contribution is -0.137. The molecule has 0 fully saturated rings. The van der Waals surface area contributed by atoms with Crippen LogP contribution in [0.5, 0.6) is 0 Å². The lowest BCUT2D eigenvalue weighted by atomic mass is 10.1. The van der Waals surface area contributed by atoms with Crippen molar-refractivity contribution < 1.29 is 22.4 Å². The van der Waals surface area contributed by atoms with E-state index in [4.69, 9.17) is 4.42 Å². The highest BCUT2D eigenvalue weighted by Gasteiger charge is 2.30. The molecule has 8 heteroatoms. The largest absolute Gasteiger partial charge is 0.455 e. The highest BCUT2D eigenvalue weighted by molar-refractivity contribution is 5.98. The monoisotopic (exact) mass is 423 g/mol. The molecular weight excluding hydrogens is 407 g/mol. The maximum Gasteiger partial charge on any atom is 0.416 e. The molecule has 0 aliphatic rings. The van der Waals surface area contributed by atoms with E-state index in [0.29, 0.717) is 16.8 Å². The van der Waals surface area contributed by atoms with Gasteiger partial charge in [0.1, 0.15) is 11.5 Å². The molecule has 2 aromatic carbocycles. The van der Waals surface area contributed by atoms with Crippen LogP contribution in [0, 0.1) is 0 Å². The number of benzene rings is 2. The van der Waals surface area contributed by atoms with Crippen molar-refractivity contribution in [2.45, 2.75) is 6.18 Å². The second-order valence-corrected chi connectivity index (χ2v) is 6.59. The topological polar surface area (TPSA) is 59.5 Å². The maximum absolute atomic E-state index is 12.9. The quantitative estimate of drug-likeness (QED) is 0.339. The molecule has 0 saturated heterocycles. The first-order valence-electron chi connectivity index (χ1n) is 9.25. The van der Waals surface area contributed by atoms with Crippen molar-refractivity contribution in [2.75, 3.05) is 0 Å². The Morgan fingerprint density at radius 1 is 0.968 bits per heavy atom. The average Bonchev–Trinajstić information content (AvgIpc) is 3.46. The van der Waals surface area contributed by atoms with Gasteiger partial charge in [-0.15, -0.1) is 0 Å². The van der Waals surface area contributed by atoms with E-state index in [2.05, 4.69) is 10.5 Å². The molecule has 0 atom stereocenters. The number of carbonyl (C=O) groups is 1. The van der Waals surface area contributed by atoms with E-state index in [9.17, 15) is 18.0 Å². The van der Waals surface area contributed by atoms with Crippen LogP contribution in [0.3, 0.4) is 0 Å². The number of alkyl halides is 3. The molecule has 4 aromatic rings. The molecule has 1 N–H and O–H groups in total. The van der Waals surface area contributed by atoms with Gasteiger partial charge >= 0.3 is 6.18 Å². The number of furan rings is 1. The summed E-state index contributed by atoms with van der Waals surface area (Å²) < 4.78 is 46.0. The van der Waals surface area contributed by atoms with Crippen molar-refractivity contribution in [1.29, 1.82) is 0 Å². The predicted molar refractivity (Wildman–Crippen MR) is 110 cm³/mol. The zero-order valence-corrected chi connectivity index (χ0v) is 16.0. The maximum atomic E-state index is 12.9. The Morgan fingerprint density at radius 2 is 1.74 bits per heavy atom. The second kappa shape index (κ2) is 8.35. The molecule has 31 heavy (non-hydrogen) atoms. The van der Waals surface area contributed by atoms with E-state index in [1.54, 1.807) is 24.3 Å². The standard InChI is InChI=1S/C23H16F3N3O2/c24-23(25,26)17-7-5-6-16(14-17)21-11-10-18(31-21)15-27-28-22(30)19-8-1-2-9-20(19)29-12-3-4-13-29/h1-15H,(H,28,30)/b27-15-. The summed E-state index contributed by atoms with van der Waals surface area (Å²) in [7, 11) is 0. The molecule has 2 heterocycles. The van der Waals surface area contributed by atoms with Crippen molar-refractivity contribution >= 4 is 12.1 Å². The molecule has 0 unspecified atom stereocenters. The normalized spacial score (nSPS) is 11.7. The zero-order valence-electron chi connectivity index (χ0n) is 16.0. The first kappa shape index (κ1) is 20.2. The van der Waals surface area contributed by atoms with Gasteiger partial charge in [-0.2, -0.15) is 18.3 Å². The second-order valence-electron chi connectivity index (χ2n) is 6.59. The molecular formula is C23H16F3N3O2. The van der Waals surface area contributed by atoms with Gasteiger partial charge < -0.3 is 8.98 Å². The molecule has 0 aliphatic heterocycles. The van der Waals surface area contributed by atoms with Crippen LogP contribution in [-0.2, 0) is 6.18 Å². The van der Waals surface area contributed by atoms with Gasteiger partial charge in [0.15, 0.2) is 0 Å². The van der Waals surface area contributed by atoms with Gasteiger partial charge in [-0.25, -0.2) is 5.43 Å². The van der Waals surface area contributed by atoms with Crippen LogP contribution in [0.15, 0.2) is 94.7 Å². The van der Waals surface area contributed by atoms with Crippen molar-refractivity contribution in [1.82, 2.24) is 9.99 Å². The van der Waals surface area contributed by atoms with Crippen LogP contribution in [0.4, 0.5) is 13.2 Å². The van der Waals surface area contributed by atoms with Crippen LogP contribution >= 0.6 is 0 Å². The zero-order chi connectivity index (χ0) is 21.8. The van der Waals surface area contributed by atoms with E-state index >= 15 is 0 Å². The van der Waals surface area contributed by atoms with E-state index in [-0.39, 0.29) is 11.5 Å². The Bertz CT molecular complexity index is 1220. The fourth-order valence-corrected chi connectivity index (χ4v) is 3.03. The van der Waals surface area contributed by atoms with Gasteiger partial charge in [-0.05, 0) is 48.5 Å². The number of amides is 1. The Hall–Kier alpha value is -4.07. The summed E-state index contributed by atoms with van der Waals surface area (Å²) in [5.74, 6) is 0.133. The minimum atomic E-state index is -4.44. The molecule has 0 aliphatic carbocycles. The summed E-state index contributed by atoms with van der Waals surface area (Å²) >= 11 is 0. The van der Waals surface area contributed by atoms with Gasteiger partial charge in [-0.3, -0.25) is 4.79 Å². The fourth-order valence-electron chi connectivity index (χ4n) is 3.03. The van der Waals surface area contributed by atoms with Crippen LogP contribution in [-0.4, -0.2) is 16.7 Å².